The number of fused-ring (bicyclic) bond motifs is 3. The highest BCUT2D eigenvalue weighted by Crippen LogP contribution is 2.54. The SMILES string of the molecule is CC1=C(c2ccc3ccccc3c2)c2ccccc2C1C1C(=O)Nc2ccc(S(=O)(=O)Nc3ccc(C(F)(F)F)cc3)cc21. The number of hydrogen-bond acceptors (Lipinski definition) is 3. The van der Waals surface area contributed by atoms with Crippen molar-refractivity contribution in [3.63, 3.8) is 0 Å². The molecule has 0 saturated heterocycles. The smallest absolute Gasteiger partial charge is 0.325 e. The van der Waals surface area contributed by atoms with E-state index in [4.69, 9.17) is 0 Å². The van der Waals surface area contributed by atoms with E-state index in [9.17, 15) is 26.4 Å². The minimum atomic E-state index is -4.54. The number of carbonyl (C=O) groups excluding carboxylic acids is 1. The highest BCUT2D eigenvalue weighted by molar-refractivity contribution is 7.92. The second kappa shape index (κ2) is 10.1. The Morgan fingerprint density at radius 3 is 2.20 bits per heavy atom. The third-order valence-electron chi connectivity index (χ3n) is 8.47. The lowest BCUT2D eigenvalue weighted by molar-refractivity contribution is -0.137. The van der Waals surface area contributed by atoms with Gasteiger partial charge in [0.05, 0.1) is 16.4 Å². The predicted molar refractivity (Wildman–Crippen MR) is 165 cm³/mol. The zero-order chi connectivity index (χ0) is 30.8. The van der Waals surface area contributed by atoms with E-state index in [2.05, 4.69) is 40.4 Å². The molecule has 5 aromatic carbocycles. The quantitative estimate of drug-likeness (QED) is 0.210. The molecule has 2 N–H and O–H groups in total. The van der Waals surface area contributed by atoms with Gasteiger partial charge in [0.1, 0.15) is 0 Å². The van der Waals surface area contributed by atoms with E-state index >= 15 is 0 Å². The lowest BCUT2D eigenvalue weighted by atomic mass is 9.80. The van der Waals surface area contributed by atoms with Crippen LogP contribution in [0, 0.1) is 0 Å². The van der Waals surface area contributed by atoms with Crippen LogP contribution in [0.15, 0.2) is 120 Å². The first-order valence-electron chi connectivity index (χ1n) is 14.0. The molecular formula is C35H25F3N2O3S. The summed E-state index contributed by atoms with van der Waals surface area (Å²) in [6, 6.07) is 30.6. The van der Waals surface area contributed by atoms with Crippen molar-refractivity contribution in [1.29, 1.82) is 0 Å². The van der Waals surface area contributed by atoms with E-state index in [0.717, 1.165) is 62.9 Å². The molecule has 0 aromatic heterocycles. The lowest BCUT2D eigenvalue weighted by Crippen LogP contribution is -2.19. The number of anilines is 2. The van der Waals surface area contributed by atoms with Crippen LogP contribution in [0.1, 0.15) is 46.6 Å². The predicted octanol–water partition coefficient (Wildman–Crippen LogP) is 8.31. The first-order valence-corrected chi connectivity index (χ1v) is 15.4. The van der Waals surface area contributed by atoms with Crippen LogP contribution in [0.25, 0.3) is 16.3 Å². The molecule has 1 aliphatic heterocycles. The fourth-order valence-corrected chi connectivity index (χ4v) is 7.55. The first-order chi connectivity index (χ1) is 21.0. The highest BCUT2D eigenvalue weighted by Gasteiger charge is 2.43. The number of benzene rings is 5. The van der Waals surface area contributed by atoms with Gasteiger partial charge in [-0.05, 0) is 94.1 Å². The number of halogens is 3. The maximum atomic E-state index is 13.6. The number of alkyl halides is 3. The zero-order valence-electron chi connectivity index (χ0n) is 23.3. The largest absolute Gasteiger partial charge is 0.416 e. The molecule has 0 saturated carbocycles. The molecule has 1 aliphatic carbocycles. The number of carbonyl (C=O) groups is 1. The van der Waals surface area contributed by atoms with Gasteiger partial charge in [-0.2, -0.15) is 13.2 Å². The number of allylic oxidation sites excluding steroid dienone is 1. The standard InChI is InChI=1S/C35H25F3N2O3S/c1-20-31(23-11-10-21-6-2-3-7-22(21)18-23)27-8-4-5-9-28(27)32(20)33-29-19-26(16-17-30(29)39-34(33)41)44(42,43)40-25-14-12-24(13-15-25)35(36,37)38/h2-19,32-33,40H,1H3,(H,39,41). The van der Waals surface area contributed by atoms with Gasteiger partial charge in [-0.3, -0.25) is 9.52 Å². The van der Waals surface area contributed by atoms with Crippen LogP contribution in [0.3, 0.4) is 0 Å². The van der Waals surface area contributed by atoms with Crippen molar-refractivity contribution in [3.8, 4) is 0 Å². The second-order valence-corrected chi connectivity index (χ2v) is 12.8. The Labute approximate surface area is 252 Å². The molecule has 44 heavy (non-hydrogen) atoms. The number of rotatable bonds is 5. The fourth-order valence-electron chi connectivity index (χ4n) is 6.46. The highest BCUT2D eigenvalue weighted by atomic mass is 32.2. The van der Waals surface area contributed by atoms with Crippen LogP contribution >= 0.6 is 0 Å². The van der Waals surface area contributed by atoms with Gasteiger partial charge in [0.2, 0.25) is 5.91 Å². The van der Waals surface area contributed by atoms with Crippen molar-refractivity contribution < 1.29 is 26.4 Å². The van der Waals surface area contributed by atoms with Crippen LogP contribution in [-0.4, -0.2) is 14.3 Å². The normalized spacial score (nSPS) is 17.9. The Morgan fingerprint density at radius 1 is 0.750 bits per heavy atom. The maximum absolute atomic E-state index is 13.6. The molecule has 1 heterocycles. The monoisotopic (exact) mass is 610 g/mol. The Bertz CT molecular complexity index is 2120. The number of sulfonamides is 1. The molecule has 0 fully saturated rings. The van der Waals surface area contributed by atoms with Crippen LogP contribution in [0.5, 0.6) is 0 Å². The molecule has 1 amide bonds. The molecule has 5 aromatic rings. The number of amides is 1. The average molecular weight is 611 g/mol. The molecule has 220 valence electrons. The summed E-state index contributed by atoms with van der Waals surface area (Å²) >= 11 is 0. The summed E-state index contributed by atoms with van der Waals surface area (Å²) in [6.45, 7) is 2.02. The average Bonchev–Trinajstić information content (AvgIpc) is 3.47. The molecule has 2 aliphatic rings. The van der Waals surface area contributed by atoms with E-state index in [-0.39, 0.29) is 22.4 Å². The number of nitrogens with one attached hydrogen (secondary N) is 2. The molecule has 7 rings (SSSR count). The Hall–Kier alpha value is -4.89. The van der Waals surface area contributed by atoms with Gasteiger partial charge in [-0.25, -0.2) is 8.42 Å². The Kier molecular flexibility index (Phi) is 6.40. The Balaban J connectivity index is 1.28. The third-order valence-corrected chi connectivity index (χ3v) is 9.85. The van der Waals surface area contributed by atoms with E-state index < -0.39 is 27.7 Å². The van der Waals surface area contributed by atoms with E-state index in [1.54, 1.807) is 6.07 Å². The minimum absolute atomic E-state index is 0.00669. The van der Waals surface area contributed by atoms with E-state index in [1.165, 1.54) is 12.1 Å². The van der Waals surface area contributed by atoms with Gasteiger partial charge >= 0.3 is 6.18 Å². The van der Waals surface area contributed by atoms with Crippen LogP contribution in [0.4, 0.5) is 24.5 Å². The van der Waals surface area contributed by atoms with Crippen molar-refractivity contribution in [2.45, 2.75) is 29.8 Å². The summed E-state index contributed by atoms with van der Waals surface area (Å²) in [5.74, 6) is -1.26. The molecular weight excluding hydrogens is 585 g/mol. The third kappa shape index (κ3) is 4.64. The first kappa shape index (κ1) is 27.9. The summed E-state index contributed by atoms with van der Waals surface area (Å²) in [5, 5.41) is 5.15. The molecule has 0 radical (unpaired) electrons. The van der Waals surface area contributed by atoms with Crippen molar-refractivity contribution in [2.24, 2.45) is 0 Å². The van der Waals surface area contributed by atoms with Gasteiger partial charge in [0.25, 0.3) is 10.0 Å². The minimum Gasteiger partial charge on any atom is -0.325 e. The van der Waals surface area contributed by atoms with Crippen LogP contribution in [0.2, 0.25) is 0 Å². The van der Waals surface area contributed by atoms with Crippen molar-refractivity contribution >= 4 is 43.7 Å². The van der Waals surface area contributed by atoms with Gasteiger partial charge in [0, 0.05) is 17.3 Å². The van der Waals surface area contributed by atoms with Gasteiger partial charge < -0.3 is 5.32 Å². The summed E-state index contributed by atoms with van der Waals surface area (Å²) in [5.41, 5.74) is 5.28. The van der Waals surface area contributed by atoms with Gasteiger partial charge in [0.15, 0.2) is 0 Å². The Morgan fingerprint density at radius 2 is 1.45 bits per heavy atom. The van der Waals surface area contributed by atoms with E-state index in [0.29, 0.717) is 11.3 Å². The molecule has 2 atom stereocenters. The molecule has 0 bridgehead atoms. The zero-order valence-corrected chi connectivity index (χ0v) is 24.1. The number of hydrogen-bond donors (Lipinski definition) is 2. The van der Waals surface area contributed by atoms with Crippen molar-refractivity contribution in [2.75, 3.05) is 10.0 Å². The molecule has 2 unspecified atom stereocenters. The van der Waals surface area contributed by atoms with Crippen LogP contribution in [-0.2, 0) is 21.0 Å². The molecule has 0 spiro atoms. The maximum Gasteiger partial charge on any atom is 0.416 e. The summed E-state index contributed by atoms with van der Waals surface area (Å²) < 4.78 is 68.0. The van der Waals surface area contributed by atoms with Crippen molar-refractivity contribution in [1.82, 2.24) is 0 Å². The summed E-state index contributed by atoms with van der Waals surface area (Å²) in [7, 11) is -4.18. The molecule has 5 nitrogen and oxygen atoms in total. The molecule has 9 heteroatoms. The lowest BCUT2D eigenvalue weighted by Gasteiger charge is -2.21. The van der Waals surface area contributed by atoms with Gasteiger partial charge in [-0.15, -0.1) is 0 Å². The second-order valence-electron chi connectivity index (χ2n) is 11.1. The fraction of sp³-hybridized carbons (Fsp3) is 0.114. The van der Waals surface area contributed by atoms with Crippen molar-refractivity contribution in [3.05, 3.63) is 143 Å². The van der Waals surface area contributed by atoms with Crippen LogP contribution < -0.4 is 10.0 Å². The topological polar surface area (TPSA) is 75.3 Å². The summed E-state index contributed by atoms with van der Waals surface area (Å²) in [4.78, 5) is 13.5. The summed E-state index contributed by atoms with van der Waals surface area (Å²) in [6.07, 6.45) is -4.54. The van der Waals surface area contributed by atoms with Gasteiger partial charge in [-0.1, -0.05) is 66.2 Å². The van der Waals surface area contributed by atoms with E-state index in [1.807, 2.05) is 43.3 Å².